The number of guanidine groups is 1. The van der Waals surface area contributed by atoms with Crippen LogP contribution in [0.2, 0.25) is 0 Å². The fraction of sp³-hybridized carbons (Fsp3) is 0.375. The van der Waals surface area contributed by atoms with Crippen LogP contribution in [0, 0.1) is 5.82 Å². The molecule has 0 bridgehead atoms. The minimum atomic E-state index is -0.207. The summed E-state index contributed by atoms with van der Waals surface area (Å²) in [6.07, 6.45) is 5.43. The molecule has 0 radical (unpaired) electrons. The topological polar surface area (TPSA) is 62.7 Å². The third-order valence-corrected chi connectivity index (χ3v) is 3.99. The second-order valence-corrected chi connectivity index (χ2v) is 5.49. The molecule has 1 saturated heterocycles. The Morgan fingerprint density at radius 3 is 2.50 bits per heavy atom. The van der Waals surface area contributed by atoms with Crippen LogP contribution in [0.25, 0.3) is 0 Å². The van der Waals surface area contributed by atoms with Crippen molar-refractivity contribution in [1.82, 2.24) is 14.5 Å². The highest BCUT2D eigenvalue weighted by atomic mass is 127. The Balaban J connectivity index is 0.00000208. The maximum Gasteiger partial charge on any atom is 0.191 e. The molecule has 2 aromatic rings. The van der Waals surface area contributed by atoms with Gasteiger partial charge in [0.2, 0.25) is 0 Å². The Hall–Kier alpha value is -1.84. The summed E-state index contributed by atoms with van der Waals surface area (Å²) in [6.45, 7) is 4.75. The molecule has 0 unspecified atom stereocenters. The highest BCUT2D eigenvalue weighted by Gasteiger charge is 2.18. The van der Waals surface area contributed by atoms with Gasteiger partial charge in [0.15, 0.2) is 5.96 Å². The molecule has 24 heavy (non-hydrogen) atoms. The monoisotopic (exact) mass is 444 g/mol. The summed E-state index contributed by atoms with van der Waals surface area (Å²) in [4.78, 5) is 12.8. The third-order valence-electron chi connectivity index (χ3n) is 3.99. The molecule has 6 nitrogen and oxygen atoms in total. The van der Waals surface area contributed by atoms with Crippen molar-refractivity contribution in [3.63, 3.8) is 0 Å². The van der Waals surface area contributed by atoms with E-state index in [4.69, 9.17) is 5.73 Å². The predicted molar refractivity (Wildman–Crippen MR) is 104 cm³/mol. The Kier molecular flexibility index (Phi) is 6.83. The summed E-state index contributed by atoms with van der Waals surface area (Å²) in [5.41, 5.74) is 7.12. The van der Waals surface area contributed by atoms with Crippen molar-refractivity contribution in [2.45, 2.75) is 6.54 Å². The second-order valence-electron chi connectivity index (χ2n) is 5.49. The van der Waals surface area contributed by atoms with Gasteiger partial charge < -0.3 is 20.1 Å². The minimum absolute atomic E-state index is 0. The van der Waals surface area contributed by atoms with E-state index in [0.717, 1.165) is 38.4 Å². The van der Waals surface area contributed by atoms with E-state index in [1.165, 1.54) is 12.1 Å². The number of hydrogen-bond donors (Lipinski definition) is 1. The van der Waals surface area contributed by atoms with Crippen LogP contribution >= 0.6 is 24.0 Å². The van der Waals surface area contributed by atoms with E-state index in [1.54, 1.807) is 12.5 Å². The number of anilines is 1. The van der Waals surface area contributed by atoms with Gasteiger partial charge in [0, 0.05) is 50.8 Å². The van der Waals surface area contributed by atoms with Gasteiger partial charge in [0.1, 0.15) is 5.82 Å². The molecule has 1 aliphatic rings. The number of aliphatic imine (C=N–C) groups is 1. The van der Waals surface area contributed by atoms with Crippen LogP contribution in [-0.4, -0.2) is 53.1 Å². The van der Waals surface area contributed by atoms with Crippen LogP contribution in [0.3, 0.4) is 0 Å². The van der Waals surface area contributed by atoms with E-state index in [-0.39, 0.29) is 29.8 Å². The number of nitrogens with zero attached hydrogens (tertiary/aromatic N) is 5. The summed E-state index contributed by atoms with van der Waals surface area (Å²) < 4.78 is 15.0. The van der Waals surface area contributed by atoms with Crippen molar-refractivity contribution in [3.05, 3.63) is 48.8 Å². The van der Waals surface area contributed by atoms with Crippen LogP contribution in [0.15, 0.2) is 48.0 Å². The van der Waals surface area contributed by atoms with Crippen molar-refractivity contribution in [1.29, 1.82) is 0 Å². The lowest BCUT2D eigenvalue weighted by molar-refractivity contribution is 0.380. The molecule has 130 valence electrons. The quantitative estimate of drug-likeness (QED) is 0.444. The summed E-state index contributed by atoms with van der Waals surface area (Å²) in [6, 6.07) is 6.61. The number of piperazine rings is 1. The number of imidazole rings is 1. The third kappa shape index (κ3) is 4.83. The van der Waals surface area contributed by atoms with Gasteiger partial charge in [-0.1, -0.05) is 0 Å². The summed E-state index contributed by atoms with van der Waals surface area (Å²) in [5, 5.41) is 0. The molecule has 1 aliphatic heterocycles. The van der Waals surface area contributed by atoms with Crippen molar-refractivity contribution < 1.29 is 4.39 Å². The average molecular weight is 444 g/mol. The maximum absolute atomic E-state index is 13.0. The van der Waals surface area contributed by atoms with E-state index in [0.29, 0.717) is 12.5 Å². The lowest BCUT2D eigenvalue weighted by atomic mass is 10.2. The number of hydrogen-bond acceptors (Lipinski definition) is 3. The fourth-order valence-electron chi connectivity index (χ4n) is 2.64. The van der Waals surface area contributed by atoms with E-state index in [9.17, 15) is 4.39 Å². The molecule has 2 N–H and O–H groups in total. The second kappa shape index (κ2) is 8.86. The zero-order valence-electron chi connectivity index (χ0n) is 13.4. The lowest BCUT2D eigenvalue weighted by Crippen LogP contribution is -2.51. The average Bonchev–Trinajstić information content (AvgIpc) is 3.09. The Labute approximate surface area is 158 Å². The van der Waals surface area contributed by atoms with Crippen molar-refractivity contribution >= 4 is 35.6 Å². The predicted octanol–water partition coefficient (Wildman–Crippen LogP) is 1.78. The number of benzene rings is 1. The number of halogens is 2. The molecule has 0 spiro atoms. The normalized spacial score (nSPS) is 15.3. The first-order chi connectivity index (χ1) is 11.2. The number of aromatic nitrogens is 2. The molecule has 1 aromatic heterocycles. The molecule has 0 atom stereocenters. The maximum atomic E-state index is 13.0. The van der Waals surface area contributed by atoms with E-state index < -0.39 is 0 Å². The first-order valence-electron chi connectivity index (χ1n) is 7.73. The van der Waals surface area contributed by atoms with E-state index in [2.05, 4.69) is 19.8 Å². The smallest absolute Gasteiger partial charge is 0.191 e. The van der Waals surface area contributed by atoms with Crippen LogP contribution in [0.4, 0.5) is 10.1 Å². The summed E-state index contributed by atoms with van der Waals surface area (Å²) >= 11 is 0. The minimum Gasteiger partial charge on any atom is -0.370 e. The molecule has 1 fully saturated rings. The van der Waals surface area contributed by atoms with Crippen molar-refractivity contribution in [2.75, 3.05) is 37.6 Å². The standard InChI is InChI=1S/C16H21FN6.HI/c17-14-1-3-15(4-2-14)22-9-11-23(12-10-22)16(18)20-6-8-21-7-5-19-13-21;/h1-5,7,13H,6,8-12H2,(H2,18,20);1H. The highest BCUT2D eigenvalue weighted by molar-refractivity contribution is 14.0. The van der Waals surface area contributed by atoms with Gasteiger partial charge in [0.05, 0.1) is 12.9 Å². The molecule has 2 heterocycles. The van der Waals surface area contributed by atoms with Crippen LogP contribution < -0.4 is 10.6 Å². The molecule has 0 amide bonds. The van der Waals surface area contributed by atoms with Crippen molar-refractivity contribution in [3.8, 4) is 0 Å². The van der Waals surface area contributed by atoms with Gasteiger partial charge in [-0.15, -0.1) is 24.0 Å². The summed E-state index contributed by atoms with van der Waals surface area (Å²) in [7, 11) is 0. The molecular formula is C16H22FIN6. The zero-order chi connectivity index (χ0) is 16.1. The van der Waals surface area contributed by atoms with Gasteiger partial charge in [-0.2, -0.15) is 0 Å². The number of rotatable bonds is 4. The van der Waals surface area contributed by atoms with E-state index >= 15 is 0 Å². The molecule has 1 aromatic carbocycles. The SMILES string of the molecule is I.NC(=NCCn1ccnc1)N1CCN(c2ccc(F)cc2)CC1. The number of nitrogens with two attached hydrogens (primary N) is 1. The Morgan fingerprint density at radius 1 is 1.17 bits per heavy atom. The van der Waals surface area contributed by atoms with E-state index in [1.807, 2.05) is 22.9 Å². The van der Waals surface area contributed by atoms with Crippen LogP contribution in [0.5, 0.6) is 0 Å². The first-order valence-corrected chi connectivity index (χ1v) is 7.73. The van der Waals surface area contributed by atoms with Gasteiger partial charge in [-0.25, -0.2) is 9.37 Å². The van der Waals surface area contributed by atoms with Gasteiger partial charge in [-0.3, -0.25) is 4.99 Å². The van der Waals surface area contributed by atoms with Gasteiger partial charge in [0.25, 0.3) is 0 Å². The lowest BCUT2D eigenvalue weighted by Gasteiger charge is -2.36. The molecule has 0 aliphatic carbocycles. The molecule has 0 saturated carbocycles. The first kappa shape index (κ1) is 18.5. The zero-order valence-corrected chi connectivity index (χ0v) is 15.7. The highest BCUT2D eigenvalue weighted by Crippen LogP contribution is 2.16. The molecule has 3 rings (SSSR count). The van der Waals surface area contributed by atoms with Gasteiger partial charge in [-0.05, 0) is 24.3 Å². The van der Waals surface area contributed by atoms with Crippen LogP contribution in [0.1, 0.15) is 0 Å². The largest absolute Gasteiger partial charge is 0.370 e. The summed E-state index contributed by atoms with van der Waals surface area (Å²) in [5.74, 6) is 0.380. The van der Waals surface area contributed by atoms with Crippen LogP contribution in [-0.2, 0) is 6.54 Å². The molecular weight excluding hydrogens is 422 g/mol. The molecule has 8 heteroatoms. The Bertz CT molecular complexity index is 635. The van der Waals surface area contributed by atoms with Crippen molar-refractivity contribution in [2.24, 2.45) is 10.7 Å². The Morgan fingerprint density at radius 2 is 1.88 bits per heavy atom. The fourth-order valence-corrected chi connectivity index (χ4v) is 2.64. The van der Waals surface area contributed by atoms with Gasteiger partial charge >= 0.3 is 0 Å².